The van der Waals surface area contributed by atoms with E-state index in [9.17, 15) is 14.4 Å². The smallest absolute Gasteiger partial charge is 0.272 e. The lowest BCUT2D eigenvalue weighted by Crippen LogP contribution is -2.37. The van der Waals surface area contributed by atoms with Crippen LogP contribution in [0.15, 0.2) is 51.9 Å². The van der Waals surface area contributed by atoms with E-state index in [1.165, 1.54) is 6.26 Å². The van der Waals surface area contributed by atoms with Crippen molar-refractivity contribution in [2.45, 2.75) is 6.54 Å². The van der Waals surface area contributed by atoms with Gasteiger partial charge in [-0.1, -0.05) is 18.2 Å². The quantitative estimate of drug-likeness (QED) is 0.633. The molecule has 0 aliphatic heterocycles. The van der Waals surface area contributed by atoms with Crippen LogP contribution in [0, 0.1) is 0 Å². The highest BCUT2D eigenvalue weighted by atomic mass is 16.3. The summed E-state index contributed by atoms with van der Waals surface area (Å²) in [6.07, 6.45) is 1.51. The Morgan fingerprint density at radius 2 is 1.88 bits per heavy atom. The lowest BCUT2D eigenvalue weighted by Gasteiger charge is -2.07. The summed E-state index contributed by atoms with van der Waals surface area (Å²) in [4.78, 5) is 35.7. The number of carbonyl (C=O) groups excluding carboxylic acids is 2. The Morgan fingerprint density at radius 1 is 1.08 bits per heavy atom. The standard InChI is InChI=1S/C16H14N4O4/c21-13(17-8-10-4-3-7-24-10)9-18-16(23)14-11-5-1-2-6-12(11)15(22)20-19-14/h1-7H,8-9H2,(H,17,21)(H,18,23)(H,20,22). The van der Waals surface area contributed by atoms with Gasteiger partial charge in [0.05, 0.1) is 24.7 Å². The number of hydrogen-bond acceptors (Lipinski definition) is 5. The molecular formula is C16H14N4O4. The zero-order chi connectivity index (χ0) is 16.9. The van der Waals surface area contributed by atoms with Crippen molar-refractivity contribution < 1.29 is 14.0 Å². The summed E-state index contributed by atoms with van der Waals surface area (Å²) in [5.74, 6) is -0.299. The number of nitrogens with one attached hydrogen (secondary N) is 3. The first-order valence-electron chi connectivity index (χ1n) is 7.20. The van der Waals surface area contributed by atoms with E-state index in [-0.39, 0.29) is 30.2 Å². The molecule has 0 aliphatic carbocycles. The van der Waals surface area contributed by atoms with Gasteiger partial charge in [0.1, 0.15) is 5.76 Å². The molecule has 0 saturated heterocycles. The molecule has 0 bridgehead atoms. The Labute approximate surface area is 135 Å². The molecule has 3 rings (SSSR count). The van der Waals surface area contributed by atoms with Gasteiger partial charge < -0.3 is 15.1 Å². The van der Waals surface area contributed by atoms with Gasteiger partial charge >= 0.3 is 0 Å². The minimum absolute atomic E-state index is 0.0593. The molecule has 2 heterocycles. The fourth-order valence-electron chi connectivity index (χ4n) is 2.19. The van der Waals surface area contributed by atoms with Crippen molar-refractivity contribution in [2.75, 3.05) is 6.54 Å². The van der Waals surface area contributed by atoms with Crippen molar-refractivity contribution >= 4 is 22.6 Å². The van der Waals surface area contributed by atoms with Crippen LogP contribution in [0.4, 0.5) is 0 Å². The molecular weight excluding hydrogens is 312 g/mol. The van der Waals surface area contributed by atoms with Crippen LogP contribution in [0.1, 0.15) is 16.2 Å². The van der Waals surface area contributed by atoms with Crippen LogP contribution in [0.3, 0.4) is 0 Å². The first kappa shape index (κ1) is 15.5. The van der Waals surface area contributed by atoms with E-state index in [1.54, 1.807) is 36.4 Å². The molecule has 0 saturated carbocycles. The number of aromatic amines is 1. The maximum atomic E-state index is 12.2. The first-order valence-corrected chi connectivity index (χ1v) is 7.20. The van der Waals surface area contributed by atoms with Gasteiger partial charge in [0, 0.05) is 5.39 Å². The lowest BCUT2D eigenvalue weighted by atomic mass is 10.1. The van der Waals surface area contributed by atoms with Crippen molar-refractivity contribution in [3.63, 3.8) is 0 Å². The molecule has 0 spiro atoms. The van der Waals surface area contributed by atoms with Crippen molar-refractivity contribution in [2.24, 2.45) is 0 Å². The molecule has 0 radical (unpaired) electrons. The third-order valence-electron chi connectivity index (χ3n) is 3.36. The number of rotatable bonds is 5. The minimum Gasteiger partial charge on any atom is -0.467 e. The number of furan rings is 1. The molecule has 2 amide bonds. The molecule has 0 unspecified atom stereocenters. The summed E-state index contributed by atoms with van der Waals surface area (Å²) in [6.45, 7) is 0.0240. The summed E-state index contributed by atoms with van der Waals surface area (Å²) < 4.78 is 5.09. The fourth-order valence-corrected chi connectivity index (χ4v) is 2.19. The largest absolute Gasteiger partial charge is 0.467 e. The van der Waals surface area contributed by atoms with E-state index in [2.05, 4.69) is 20.8 Å². The van der Waals surface area contributed by atoms with Crippen molar-refractivity contribution in [3.8, 4) is 0 Å². The van der Waals surface area contributed by atoms with E-state index in [1.807, 2.05) is 0 Å². The first-order chi connectivity index (χ1) is 11.6. The van der Waals surface area contributed by atoms with Crippen molar-refractivity contribution in [3.05, 3.63) is 64.5 Å². The fraction of sp³-hybridized carbons (Fsp3) is 0.125. The normalized spacial score (nSPS) is 10.5. The molecule has 3 N–H and O–H groups in total. The average Bonchev–Trinajstić information content (AvgIpc) is 3.12. The van der Waals surface area contributed by atoms with Crippen molar-refractivity contribution in [1.29, 1.82) is 0 Å². The Balaban J connectivity index is 1.64. The van der Waals surface area contributed by atoms with Crippen LogP contribution >= 0.6 is 0 Å². The number of H-pyrrole nitrogens is 1. The Hall–Kier alpha value is -3.42. The average molecular weight is 326 g/mol. The summed E-state index contributed by atoms with van der Waals surface area (Å²) >= 11 is 0. The van der Waals surface area contributed by atoms with Crippen LogP contribution in [0.5, 0.6) is 0 Å². The molecule has 0 atom stereocenters. The van der Waals surface area contributed by atoms with Crippen LogP contribution in [-0.4, -0.2) is 28.6 Å². The molecule has 122 valence electrons. The summed E-state index contributed by atoms with van der Waals surface area (Å²) in [6, 6.07) is 10.1. The van der Waals surface area contributed by atoms with Gasteiger partial charge in [-0.25, -0.2) is 5.10 Å². The minimum atomic E-state index is -0.546. The molecule has 1 aromatic carbocycles. The van der Waals surface area contributed by atoms with Gasteiger partial charge in [0.15, 0.2) is 5.69 Å². The zero-order valence-corrected chi connectivity index (χ0v) is 12.5. The van der Waals surface area contributed by atoms with Crippen molar-refractivity contribution in [1.82, 2.24) is 20.8 Å². The number of aromatic nitrogens is 2. The number of amides is 2. The third kappa shape index (κ3) is 3.32. The SMILES string of the molecule is O=C(CNC(=O)c1n[nH]c(=O)c2ccccc12)NCc1ccco1. The highest BCUT2D eigenvalue weighted by Crippen LogP contribution is 2.11. The van der Waals surface area contributed by atoms with Crippen LogP contribution < -0.4 is 16.2 Å². The van der Waals surface area contributed by atoms with Crippen LogP contribution in [0.25, 0.3) is 10.8 Å². The number of fused-ring (bicyclic) bond motifs is 1. The van der Waals surface area contributed by atoms with E-state index < -0.39 is 5.91 Å². The molecule has 0 aliphatic rings. The molecule has 8 nitrogen and oxygen atoms in total. The monoisotopic (exact) mass is 326 g/mol. The van der Waals surface area contributed by atoms with Gasteiger partial charge in [-0.2, -0.15) is 5.10 Å². The maximum absolute atomic E-state index is 12.2. The summed E-state index contributed by atoms with van der Waals surface area (Å²) in [5, 5.41) is 11.9. The number of benzene rings is 1. The third-order valence-corrected chi connectivity index (χ3v) is 3.36. The predicted molar refractivity (Wildman–Crippen MR) is 85.3 cm³/mol. The van der Waals surface area contributed by atoms with Gasteiger partial charge in [-0.05, 0) is 18.2 Å². The highest BCUT2D eigenvalue weighted by molar-refractivity contribution is 6.05. The Bertz CT molecular complexity index is 931. The van der Waals surface area contributed by atoms with E-state index in [0.717, 1.165) is 0 Å². The Morgan fingerprint density at radius 3 is 2.62 bits per heavy atom. The second-order valence-corrected chi connectivity index (χ2v) is 4.99. The van der Waals surface area contributed by atoms with Crippen LogP contribution in [-0.2, 0) is 11.3 Å². The highest BCUT2D eigenvalue weighted by Gasteiger charge is 2.14. The van der Waals surface area contributed by atoms with Gasteiger partial charge in [-0.3, -0.25) is 14.4 Å². The molecule has 24 heavy (non-hydrogen) atoms. The molecule has 8 heteroatoms. The molecule has 3 aromatic rings. The molecule has 0 fully saturated rings. The Kier molecular flexibility index (Phi) is 4.37. The number of hydrogen-bond donors (Lipinski definition) is 3. The zero-order valence-electron chi connectivity index (χ0n) is 12.5. The van der Waals surface area contributed by atoms with Gasteiger partial charge in [0.25, 0.3) is 11.5 Å². The topological polar surface area (TPSA) is 117 Å². The lowest BCUT2D eigenvalue weighted by molar-refractivity contribution is -0.120. The second-order valence-electron chi connectivity index (χ2n) is 4.99. The van der Waals surface area contributed by atoms with Crippen LogP contribution in [0.2, 0.25) is 0 Å². The number of carbonyl (C=O) groups is 2. The van der Waals surface area contributed by atoms with E-state index >= 15 is 0 Å². The van der Waals surface area contributed by atoms with E-state index in [4.69, 9.17) is 4.42 Å². The summed E-state index contributed by atoms with van der Waals surface area (Å²) in [5.41, 5.74) is -0.317. The number of nitrogens with zero attached hydrogens (tertiary/aromatic N) is 1. The van der Waals surface area contributed by atoms with E-state index in [0.29, 0.717) is 16.5 Å². The summed E-state index contributed by atoms with van der Waals surface area (Å²) in [7, 11) is 0. The maximum Gasteiger partial charge on any atom is 0.272 e. The predicted octanol–water partition coefficient (Wildman–Crippen LogP) is 0.562. The second kappa shape index (κ2) is 6.78. The van der Waals surface area contributed by atoms with Gasteiger partial charge in [-0.15, -0.1) is 0 Å². The molecule has 2 aromatic heterocycles. The van der Waals surface area contributed by atoms with Gasteiger partial charge in [0.2, 0.25) is 5.91 Å².